The van der Waals surface area contributed by atoms with Crippen molar-refractivity contribution in [3.8, 4) is 0 Å². The Hall–Kier alpha value is -1.07. The van der Waals surface area contributed by atoms with Crippen molar-refractivity contribution in [1.82, 2.24) is 14.9 Å². The van der Waals surface area contributed by atoms with Gasteiger partial charge in [0, 0.05) is 19.1 Å². The van der Waals surface area contributed by atoms with Gasteiger partial charge in [0.1, 0.15) is 12.0 Å². The van der Waals surface area contributed by atoms with Crippen LogP contribution in [0, 0.1) is 0 Å². The quantitative estimate of drug-likeness (QED) is 0.806. The van der Waals surface area contributed by atoms with Crippen LogP contribution in [0.1, 0.15) is 12.8 Å². The van der Waals surface area contributed by atoms with E-state index in [4.69, 9.17) is 17.3 Å². The maximum atomic E-state index is 5.92. The van der Waals surface area contributed by atoms with Crippen LogP contribution in [0.2, 0.25) is 5.15 Å². The van der Waals surface area contributed by atoms with Gasteiger partial charge in [-0.15, -0.1) is 0 Å². The molecule has 0 bridgehead atoms. The summed E-state index contributed by atoms with van der Waals surface area (Å²) in [6.07, 6.45) is 3.82. The number of hydrogen-bond acceptors (Lipinski definition) is 5. The molecule has 6 heteroatoms. The van der Waals surface area contributed by atoms with Crippen molar-refractivity contribution in [3.63, 3.8) is 0 Å². The second kappa shape index (κ2) is 5.06. The van der Waals surface area contributed by atoms with Gasteiger partial charge in [-0.1, -0.05) is 11.6 Å². The number of nitrogen functional groups attached to an aromatic ring is 1. The van der Waals surface area contributed by atoms with Crippen molar-refractivity contribution < 1.29 is 0 Å². The molecule has 2 N–H and O–H groups in total. The average Bonchev–Trinajstić information content (AvgIpc) is 2.33. The molecule has 0 aromatic carbocycles. The second-order valence-corrected chi connectivity index (χ2v) is 4.97. The molecule has 0 amide bonds. The van der Waals surface area contributed by atoms with Crippen LogP contribution in [0.4, 0.5) is 11.5 Å². The topological polar surface area (TPSA) is 58.3 Å². The first kappa shape index (κ1) is 12.4. The first-order chi connectivity index (χ1) is 8.09. The molecule has 0 spiro atoms. The zero-order valence-corrected chi connectivity index (χ0v) is 11.0. The number of hydrogen-bond donors (Lipinski definition) is 1. The van der Waals surface area contributed by atoms with Crippen LogP contribution in [-0.2, 0) is 0 Å². The number of nitrogens with two attached hydrogens (primary N) is 1. The Balaban J connectivity index is 2.19. The molecule has 1 saturated heterocycles. The van der Waals surface area contributed by atoms with Gasteiger partial charge in [0.25, 0.3) is 0 Å². The fourth-order valence-electron chi connectivity index (χ4n) is 2.19. The molecule has 1 aliphatic heterocycles. The Labute approximate surface area is 107 Å². The number of aromatic nitrogens is 2. The van der Waals surface area contributed by atoms with Gasteiger partial charge in [0.2, 0.25) is 0 Å². The number of piperidine rings is 1. The summed E-state index contributed by atoms with van der Waals surface area (Å²) >= 11 is 5.92. The smallest absolute Gasteiger partial charge is 0.157 e. The SMILES string of the molecule is CN(C)C1CCCN(c2ncnc(Cl)c2N)C1. The van der Waals surface area contributed by atoms with E-state index in [1.807, 2.05) is 0 Å². The third-order valence-electron chi connectivity index (χ3n) is 3.24. The lowest BCUT2D eigenvalue weighted by molar-refractivity contribution is 0.257. The van der Waals surface area contributed by atoms with Crippen molar-refractivity contribution in [2.24, 2.45) is 0 Å². The minimum absolute atomic E-state index is 0.335. The Morgan fingerprint density at radius 1 is 1.47 bits per heavy atom. The molecular weight excluding hydrogens is 238 g/mol. The van der Waals surface area contributed by atoms with E-state index in [0.717, 1.165) is 25.3 Å². The minimum atomic E-state index is 0.335. The van der Waals surface area contributed by atoms with Crippen LogP contribution < -0.4 is 10.6 Å². The second-order valence-electron chi connectivity index (χ2n) is 4.61. The Kier molecular flexibility index (Phi) is 3.69. The molecule has 1 aromatic rings. The number of nitrogens with zero attached hydrogens (tertiary/aromatic N) is 4. The summed E-state index contributed by atoms with van der Waals surface area (Å²) in [6, 6.07) is 0.539. The van der Waals surface area contributed by atoms with E-state index in [9.17, 15) is 0 Å². The highest BCUT2D eigenvalue weighted by atomic mass is 35.5. The van der Waals surface area contributed by atoms with Gasteiger partial charge in [-0.25, -0.2) is 9.97 Å². The van der Waals surface area contributed by atoms with Gasteiger partial charge in [-0.3, -0.25) is 0 Å². The number of halogens is 1. The molecule has 1 aliphatic rings. The van der Waals surface area contributed by atoms with Crippen molar-refractivity contribution in [2.75, 3.05) is 37.8 Å². The average molecular weight is 256 g/mol. The molecule has 0 radical (unpaired) electrons. The van der Waals surface area contributed by atoms with E-state index >= 15 is 0 Å². The van der Waals surface area contributed by atoms with E-state index in [0.29, 0.717) is 16.9 Å². The maximum absolute atomic E-state index is 5.92. The van der Waals surface area contributed by atoms with Crippen molar-refractivity contribution in [3.05, 3.63) is 11.5 Å². The maximum Gasteiger partial charge on any atom is 0.157 e. The molecule has 2 heterocycles. The highest BCUT2D eigenvalue weighted by Gasteiger charge is 2.24. The summed E-state index contributed by atoms with van der Waals surface area (Å²) in [5.41, 5.74) is 6.40. The minimum Gasteiger partial charge on any atom is -0.393 e. The predicted molar refractivity (Wildman–Crippen MR) is 70.4 cm³/mol. The van der Waals surface area contributed by atoms with Crippen molar-refractivity contribution in [1.29, 1.82) is 0 Å². The first-order valence-corrected chi connectivity index (χ1v) is 6.14. The Bertz CT molecular complexity index is 395. The Morgan fingerprint density at radius 3 is 2.94 bits per heavy atom. The molecular formula is C11H18ClN5. The fourth-order valence-corrected chi connectivity index (χ4v) is 2.31. The molecule has 0 aliphatic carbocycles. The first-order valence-electron chi connectivity index (χ1n) is 5.77. The van der Waals surface area contributed by atoms with E-state index in [1.54, 1.807) is 0 Å². The Morgan fingerprint density at radius 2 is 2.24 bits per heavy atom. The molecule has 2 rings (SSSR count). The lowest BCUT2D eigenvalue weighted by Crippen LogP contribution is -2.45. The van der Waals surface area contributed by atoms with Gasteiger partial charge < -0.3 is 15.5 Å². The summed E-state index contributed by atoms with van der Waals surface area (Å²) in [7, 11) is 4.20. The van der Waals surface area contributed by atoms with Crippen LogP contribution in [0.25, 0.3) is 0 Å². The van der Waals surface area contributed by atoms with E-state index in [2.05, 4.69) is 33.9 Å². The van der Waals surface area contributed by atoms with Gasteiger partial charge in [0.15, 0.2) is 11.0 Å². The molecule has 1 fully saturated rings. The van der Waals surface area contributed by atoms with Gasteiger partial charge in [-0.05, 0) is 26.9 Å². The third kappa shape index (κ3) is 2.61. The summed E-state index contributed by atoms with van der Waals surface area (Å²) < 4.78 is 0. The highest BCUT2D eigenvalue weighted by Crippen LogP contribution is 2.28. The number of anilines is 2. The summed E-state index contributed by atoms with van der Waals surface area (Å²) in [4.78, 5) is 12.6. The molecule has 0 saturated carbocycles. The van der Waals surface area contributed by atoms with Crippen LogP contribution >= 0.6 is 11.6 Å². The van der Waals surface area contributed by atoms with Crippen LogP contribution in [0.5, 0.6) is 0 Å². The fraction of sp³-hybridized carbons (Fsp3) is 0.636. The van der Waals surface area contributed by atoms with Gasteiger partial charge >= 0.3 is 0 Å². The summed E-state index contributed by atoms with van der Waals surface area (Å²) in [5.74, 6) is 0.761. The molecule has 1 unspecified atom stereocenters. The summed E-state index contributed by atoms with van der Waals surface area (Å²) in [5, 5.41) is 0.335. The zero-order valence-electron chi connectivity index (χ0n) is 10.2. The largest absolute Gasteiger partial charge is 0.393 e. The van der Waals surface area contributed by atoms with Crippen LogP contribution in [0.15, 0.2) is 6.33 Å². The lowest BCUT2D eigenvalue weighted by atomic mass is 10.0. The lowest BCUT2D eigenvalue weighted by Gasteiger charge is -2.37. The molecule has 94 valence electrons. The third-order valence-corrected chi connectivity index (χ3v) is 3.54. The number of likely N-dealkylation sites (N-methyl/N-ethyl adjacent to an activating group) is 1. The normalized spacial score (nSPS) is 20.9. The van der Waals surface area contributed by atoms with Crippen LogP contribution in [0.3, 0.4) is 0 Å². The predicted octanol–water partition coefficient (Wildman–Crippen LogP) is 1.24. The van der Waals surface area contributed by atoms with E-state index in [-0.39, 0.29) is 0 Å². The van der Waals surface area contributed by atoms with Gasteiger partial charge in [-0.2, -0.15) is 0 Å². The van der Waals surface area contributed by atoms with E-state index < -0.39 is 0 Å². The molecule has 1 atom stereocenters. The summed E-state index contributed by atoms with van der Waals surface area (Å²) in [6.45, 7) is 1.91. The molecule has 1 aromatic heterocycles. The standard InChI is InChI=1S/C11H18ClN5/c1-16(2)8-4-3-5-17(6-8)11-9(13)10(12)14-7-15-11/h7-8H,3-6,13H2,1-2H3. The van der Waals surface area contributed by atoms with Crippen LogP contribution in [-0.4, -0.2) is 48.1 Å². The number of rotatable bonds is 2. The monoisotopic (exact) mass is 255 g/mol. The molecule has 5 nitrogen and oxygen atoms in total. The van der Waals surface area contributed by atoms with Gasteiger partial charge in [0.05, 0.1) is 0 Å². The van der Waals surface area contributed by atoms with Crippen molar-refractivity contribution >= 4 is 23.1 Å². The van der Waals surface area contributed by atoms with E-state index in [1.165, 1.54) is 12.7 Å². The molecule has 17 heavy (non-hydrogen) atoms. The van der Waals surface area contributed by atoms with Crippen molar-refractivity contribution in [2.45, 2.75) is 18.9 Å². The highest BCUT2D eigenvalue weighted by molar-refractivity contribution is 6.32. The zero-order chi connectivity index (χ0) is 12.4.